The molecular formula is C12H11ClN2O4. The van der Waals surface area contributed by atoms with Gasteiger partial charge in [0.1, 0.15) is 16.6 Å². The van der Waals surface area contributed by atoms with Crippen LogP contribution in [0.25, 0.3) is 0 Å². The number of aromatic nitrogens is 2. The minimum Gasteiger partial charge on any atom is -0.465 e. The SMILES string of the molecule is COC(=O)c1cc(Cl)n(Cc2cc(C)on2)c(=O)c1. The summed E-state index contributed by atoms with van der Waals surface area (Å²) in [7, 11) is 1.24. The molecule has 100 valence electrons. The van der Waals surface area contributed by atoms with Gasteiger partial charge in [0, 0.05) is 12.1 Å². The summed E-state index contributed by atoms with van der Waals surface area (Å²) in [5.74, 6) is 0.0359. The van der Waals surface area contributed by atoms with Crippen molar-refractivity contribution in [1.82, 2.24) is 9.72 Å². The maximum Gasteiger partial charge on any atom is 0.338 e. The average molecular weight is 283 g/mol. The summed E-state index contributed by atoms with van der Waals surface area (Å²) >= 11 is 5.99. The maximum atomic E-state index is 11.9. The van der Waals surface area contributed by atoms with Gasteiger partial charge >= 0.3 is 5.97 Å². The first-order chi connectivity index (χ1) is 9.01. The van der Waals surface area contributed by atoms with E-state index in [1.54, 1.807) is 13.0 Å². The van der Waals surface area contributed by atoms with Crippen LogP contribution in [0.2, 0.25) is 5.15 Å². The number of esters is 1. The van der Waals surface area contributed by atoms with Crippen molar-refractivity contribution in [3.05, 3.63) is 50.7 Å². The summed E-state index contributed by atoms with van der Waals surface area (Å²) in [4.78, 5) is 23.2. The molecule has 0 saturated heterocycles. The van der Waals surface area contributed by atoms with E-state index in [2.05, 4.69) is 9.89 Å². The summed E-state index contributed by atoms with van der Waals surface area (Å²) < 4.78 is 10.7. The summed E-state index contributed by atoms with van der Waals surface area (Å²) in [5.41, 5.74) is 0.283. The topological polar surface area (TPSA) is 74.3 Å². The van der Waals surface area contributed by atoms with Crippen molar-refractivity contribution in [1.29, 1.82) is 0 Å². The number of hydrogen-bond donors (Lipinski definition) is 0. The second kappa shape index (κ2) is 5.27. The lowest BCUT2D eigenvalue weighted by atomic mass is 10.2. The molecule has 0 atom stereocenters. The van der Waals surface area contributed by atoms with Crippen molar-refractivity contribution in [2.45, 2.75) is 13.5 Å². The minimum absolute atomic E-state index is 0.116. The molecule has 2 heterocycles. The molecule has 2 aromatic heterocycles. The van der Waals surface area contributed by atoms with Crippen LogP contribution >= 0.6 is 11.6 Å². The number of hydrogen-bond acceptors (Lipinski definition) is 5. The van der Waals surface area contributed by atoms with E-state index in [9.17, 15) is 9.59 Å². The largest absolute Gasteiger partial charge is 0.465 e. The number of halogens is 1. The van der Waals surface area contributed by atoms with Crippen molar-refractivity contribution < 1.29 is 14.1 Å². The predicted molar refractivity (Wildman–Crippen MR) is 67.4 cm³/mol. The van der Waals surface area contributed by atoms with Gasteiger partial charge in [0.2, 0.25) is 0 Å². The van der Waals surface area contributed by atoms with E-state index in [-0.39, 0.29) is 17.3 Å². The lowest BCUT2D eigenvalue weighted by Gasteiger charge is -2.07. The zero-order valence-electron chi connectivity index (χ0n) is 10.3. The Bertz CT molecular complexity index is 675. The molecule has 0 N–H and O–H groups in total. The van der Waals surface area contributed by atoms with Crippen molar-refractivity contribution in [2.24, 2.45) is 0 Å². The van der Waals surface area contributed by atoms with Gasteiger partial charge in [0.05, 0.1) is 19.2 Å². The van der Waals surface area contributed by atoms with Crippen LogP contribution in [0.4, 0.5) is 0 Å². The molecule has 2 aromatic rings. The number of ether oxygens (including phenoxy) is 1. The monoisotopic (exact) mass is 282 g/mol. The van der Waals surface area contributed by atoms with E-state index in [0.717, 1.165) is 0 Å². The highest BCUT2D eigenvalue weighted by Crippen LogP contribution is 2.12. The fourth-order valence-corrected chi connectivity index (χ4v) is 1.87. The lowest BCUT2D eigenvalue weighted by Crippen LogP contribution is -2.22. The lowest BCUT2D eigenvalue weighted by molar-refractivity contribution is 0.0600. The number of carbonyl (C=O) groups is 1. The molecule has 0 aliphatic carbocycles. The van der Waals surface area contributed by atoms with Crippen LogP contribution in [-0.4, -0.2) is 22.8 Å². The fourth-order valence-electron chi connectivity index (χ4n) is 1.61. The molecule has 0 aromatic carbocycles. The Labute approximate surface area is 113 Å². The Hall–Kier alpha value is -2.08. The molecule has 0 aliphatic rings. The van der Waals surface area contributed by atoms with Crippen LogP contribution < -0.4 is 5.56 Å². The van der Waals surface area contributed by atoms with E-state index in [1.807, 2.05) is 0 Å². The highest BCUT2D eigenvalue weighted by Gasteiger charge is 2.12. The molecule has 6 nitrogen and oxygen atoms in total. The smallest absolute Gasteiger partial charge is 0.338 e. The van der Waals surface area contributed by atoms with Crippen LogP contribution in [0.1, 0.15) is 21.8 Å². The summed E-state index contributed by atoms with van der Waals surface area (Å²) in [5, 5.41) is 3.91. The molecule has 2 rings (SSSR count). The molecule has 0 unspecified atom stereocenters. The van der Waals surface area contributed by atoms with Crippen molar-refractivity contribution in [3.8, 4) is 0 Å². The van der Waals surface area contributed by atoms with Gasteiger partial charge in [-0.2, -0.15) is 0 Å². The Morgan fingerprint density at radius 1 is 1.47 bits per heavy atom. The summed E-state index contributed by atoms with van der Waals surface area (Å²) in [6, 6.07) is 4.25. The third kappa shape index (κ3) is 2.85. The molecule has 7 heteroatoms. The van der Waals surface area contributed by atoms with E-state index in [4.69, 9.17) is 16.1 Å². The van der Waals surface area contributed by atoms with E-state index in [1.165, 1.54) is 23.8 Å². The zero-order chi connectivity index (χ0) is 14.0. The first-order valence-electron chi connectivity index (χ1n) is 5.42. The zero-order valence-corrected chi connectivity index (χ0v) is 11.1. The Balaban J connectivity index is 2.37. The van der Waals surface area contributed by atoms with Gasteiger partial charge in [-0.25, -0.2) is 4.79 Å². The Morgan fingerprint density at radius 3 is 2.74 bits per heavy atom. The predicted octanol–water partition coefficient (Wildman–Crippen LogP) is 1.63. The first kappa shape index (κ1) is 13.4. The number of carbonyl (C=O) groups excluding carboxylic acids is 1. The molecule has 0 spiro atoms. The van der Waals surface area contributed by atoms with Crippen LogP contribution in [-0.2, 0) is 11.3 Å². The molecular weight excluding hydrogens is 272 g/mol. The maximum absolute atomic E-state index is 11.9. The molecule has 0 aliphatic heterocycles. The third-order valence-corrected chi connectivity index (χ3v) is 2.81. The van der Waals surface area contributed by atoms with E-state index >= 15 is 0 Å². The Morgan fingerprint density at radius 2 is 2.21 bits per heavy atom. The van der Waals surface area contributed by atoms with Gasteiger partial charge in [0.15, 0.2) is 0 Å². The number of aryl methyl sites for hydroxylation is 1. The van der Waals surface area contributed by atoms with Crippen molar-refractivity contribution in [2.75, 3.05) is 7.11 Å². The van der Waals surface area contributed by atoms with Gasteiger partial charge in [0.25, 0.3) is 5.56 Å². The molecule has 0 saturated carbocycles. The van der Waals surface area contributed by atoms with Crippen molar-refractivity contribution in [3.63, 3.8) is 0 Å². The minimum atomic E-state index is -0.608. The molecule has 0 bridgehead atoms. The van der Waals surface area contributed by atoms with Gasteiger partial charge in [-0.3, -0.25) is 9.36 Å². The van der Waals surface area contributed by atoms with Crippen LogP contribution in [0.3, 0.4) is 0 Å². The summed E-state index contributed by atoms with van der Waals surface area (Å²) in [6.07, 6.45) is 0. The van der Waals surface area contributed by atoms with Gasteiger partial charge in [-0.1, -0.05) is 16.8 Å². The quantitative estimate of drug-likeness (QED) is 0.632. The molecule has 0 amide bonds. The van der Waals surface area contributed by atoms with Crippen LogP contribution in [0.5, 0.6) is 0 Å². The highest BCUT2D eigenvalue weighted by atomic mass is 35.5. The number of nitrogens with zero attached hydrogens (tertiary/aromatic N) is 2. The van der Waals surface area contributed by atoms with E-state index in [0.29, 0.717) is 11.5 Å². The van der Waals surface area contributed by atoms with Gasteiger partial charge in [-0.05, 0) is 13.0 Å². The Kier molecular flexibility index (Phi) is 3.71. The van der Waals surface area contributed by atoms with Crippen LogP contribution in [0, 0.1) is 6.92 Å². The van der Waals surface area contributed by atoms with Gasteiger partial charge in [-0.15, -0.1) is 0 Å². The highest BCUT2D eigenvalue weighted by molar-refractivity contribution is 6.29. The average Bonchev–Trinajstić information content (AvgIpc) is 2.78. The number of rotatable bonds is 3. The third-order valence-electron chi connectivity index (χ3n) is 2.50. The van der Waals surface area contributed by atoms with Gasteiger partial charge < -0.3 is 9.26 Å². The fraction of sp³-hybridized carbons (Fsp3) is 0.250. The van der Waals surface area contributed by atoms with Crippen LogP contribution in [0.15, 0.2) is 27.5 Å². The normalized spacial score (nSPS) is 10.5. The molecule has 19 heavy (non-hydrogen) atoms. The second-order valence-electron chi connectivity index (χ2n) is 3.91. The second-order valence-corrected chi connectivity index (χ2v) is 4.30. The molecule has 0 fully saturated rings. The molecule has 0 radical (unpaired) electrons. The van der Waals surface area contributed by atoms with Crippen molar-refractivity contribution >= 4 is 17.6 Å². The van der Waals surface area contributed by atoms with E-state index < -0.39 is 11.5 Å². The first-order valence-corrected chi connectivity index (χ1v) is 5.80. The number of pyridine rings is 1. The number of methoxy groups -OCH3 is 1. The summed E-state index contributed by atoms with van der Waals surface area (Å²) in [6.45, 7) is 1.93. The standard InChI is InChI=1S/C12H11ClN2O4/c1-7-3-9(14-19-7)6-15-10(13)4-8(5-11(15)16)12(17)18-2/h3-5H,6H2,1-2H3.